The van der Waals surface area contributed by atoms with Crippen molar-refractivity contribution < 1.29 is 14.6 Å². The summed E-state index contributed by atoms with van der Waals surface area (Å²) in [5.74, 6) is 1.12. The lowest BCUT2D eigenvalue weighted by molar-refractivity contribution is 0.244. The molecule has 1 atom stereocenters. The Morgan fingerprint density at radius 3 is 2.48 bits per heavy atom. The lowest BCUT2D eigenvalue weighted by Crippen LogP contribution is -2.42. The lowest BCUT2D eigenvalue weighted by atomic mass is 10.1. The number of benzene rings is 2. The van der Waals surface area contributed by atoms with Crippen molar-refractivity contribution in [1.82, 2.24) is 15.2 Å². The average molecular weight is 442 g/mol. The van der Waals surface area contributed by atoms with Crippen LogP contribution in [-0.2, 0) is 6.54 Å². The van der Waals surface area contributed by atoms with Crippen LogP contribution in [0.1, 0.15) is 24.1 Å². The van der Waals surface area contributed by atoms with Crippen molar-refractivity contribution in [3.8, 4) is 11.5 Å². The van der Waals surface area contributed by atoms with Crippen molar-refractivity contribution in [2.24, 2.45) is 0 Å². The normalized spacial score (nSPS) is 11.7. The van der Waals surface area contributed by atoms with Gasteiger partial charge in [-0.15, -0.1) is 0 Å². The number of ether oxygens (including phenoxy) is 2. The molecular weight excluding hydrogens is 414 g/mol. The van der Waals surface area contributed by atoms with Crippen molar-refractivity contribution in [1.29, 1.82) is 0 Å². The Morgan fingerprint density at radius 2 is 1.84 bits per heavy atom. The summed E-state index contributed by atoms with van der Waals surface area (Å²) >= 11 is 5.58. The molecule has 7 nitrogen and oxygen atoms in total. The van der Waals surface area contributed by atoms with E-state index in [0.717, 1.165) is 10.9 Å². The van der Waals surface area contributed by atoms with Crippen molar-refractivity contribution in [2.45, 2.75) is 19.5 Å². The predicted octanol–water partition coefficient (Wildman–Crippen LogP) is 2.98. The number of aliphatic hydroxyl groups is 1. The standard InChI is InChI=1S/C23H27N3O4S/c1-15(16-7-5-4-6-8-16)24-23(31)26(9-10-27)14-18-11-17-12-20(29-2)21(30-3)13-19(17)25-22(18)28/h4-8,11-13,15,27H,9-10,14H2,1-3H3,(H,24,31)(H,25,28)/t15-/m0/s1. The quantitative estimate of drug-likeness (QED) is 0.463. The first-order valence-electron chi connectivity index (χ1n) is 9.96. The molecule has 3 N–H and O–H groups in total. The minimum atomic E-state index is -0.221. The van der Waals surface area contributed by atoms with E-state index in [9.17, 15) is 9.90 Å². The number of nitrogens with zero attached hydrogens (tertiary/aromatic N) is 1. The number of thiocarbonyl (C=S) groups is 1. The van der Waals surface area contributed by atoms with Gasteiger partial charge in [0.05, 0.1) is 38.9 Å². The Balaban J connectivity index is 1.85. The maximum Gasteiger partial charge on any atom is 0.253 e. The van der Waals surface area contributed by atoms with E-state index in [4.69, 9.17) is 21.7 Å². The molecule has 0 aliphatic heterocycles. The van der Waals surface area contributed by atoms with Gasteiger partial charge in [-0.05, 0) is 36.8 Å². The molecule has 0 radical (unpaired) electrons. The van der Waals surface area contributed by atoms with Crippen LogP contribution in [0.25, 0.3) is 10.9 Å². The zero-order valence-electron chi connectivity index (χ0n) is 17.8. The number of aromatic nitrogens is 1. The molecule has 8 heteroatoms. The second-order valence-corrected chi connectivity index (χ2v) is 7.53. The van der Waals surface area contributed by atoms with E-state index in [-0.39, 0.29) is 24.8 Å². The summed E-state index contributed by atoms with van der Waals surface area (Å²) in [6.07, 6.45) is 0. The van der Waals surface area contributed by atoms with E-state index in [0.29, 0.717) is 34.2 Å². The number of pyridine rings is 1. The summed E-state index contributed by atoms with van der Waals surface area (Å²) in [6, 6.07) is 15.3. The minimum Gasteiger partial charge on any atom is -0.493 e. The third-order valence-electron chi connectivity index (χ3n) is 5.08. The van der Waals surface area contributed by atoms with E-state index in [1.165, 1.54) is 0 Å². The third kappa shape index (κ3) is 5.34. The molecule has 0 spiro atoms. The van der Waals surface area contributed by atoms with Crippen molar-refractivity contribution >= 4 is 28.2 Å². The largest absolute Gasteiger partial charge is 0.493 e. The number of methoxy groups -OCH3 is 2. The monoisotopic (exact) mass is 441 g/mol. The molecule has 0 amide bonds. The Hall–Kier alpha value is -3.10. The smallest absolute Gasteiger partial charge is 0.253 e. The van der Waals surface area contributed by atoms with Gasteiger partial charge in [-0.2, -0.15) is 0 Å². The van der Waals surface area contributed by atoms with E-state index < -0.39 is 0 Å². The van der Waals surface area contributed by atoms with Gasteiger partial charge in [-0.3, -0.25) is 4.79 Å². The first kappa shape index (κ1) is 22.6. The van der Waals surface area contributed by atoms with E-state index in [1.807, 2.05) is 49.4 Å². The fourth-order valence-electron chi connectivity index (χ4n) is 3.38. The van der Waals surface area contributed by atoms with Gasteiger partial charge in [0, 0.05) is 23.6 Å². The number of hydrogen-bond donors (Lipinski definition) is 3. The van der Waals surface area contributed by atoms with Crippen molar-refractivity contribution in [2.75, 3.05) is 27.4 Å². The highest BCUT2D eigenvalue weighted by molar-refractivity contribution is 7.80. The van der Waals surface area contributed by atoms with Gasteiger partial charge >= 0.3 is 0 Å². The molecule has 0 aliphatic carbocycles. The third-order valence-corrected chi connectivity index (χ3v) is 5.46. The number of aliphatic hydroxyl groups excluding tert-OH is 1. The molecule has 0 fully saturated rings. The average Bonchev–Trinajstić information content (AvgIpc) is 2.78. The zero-order chi connectivity index (χ0) is 22.4. The van der Waals surface area contributed by atoms with Gasteiger partial charge < -0.3 is 29.8 Å². The first-order chi connectivity index (χ1) is 15.0. The molecule has 1 aromatic heterocycles. The van der Waals surface area contributed by atoms with Gasteiger partial charge in [0.1, 0.15) is 0 Å². The molecule has 0 unspecified atom stereocenters. The van der Waals surface area contributed by atoms with E-state index >= 15 is 0 Å². The van der Waals surface area contributed by atoms with Crippen LogP contribution in [0.5, 0.6) is 11.5 Å². The second-order valence-electron chi connectivity index (χ2n) is 7.15. The molecule has 1 heterocycles. The van der Waals surface area contributed by atoms with Crippen LogP contribution in [0.2, 0.25) is 0 Å². The Labute approximate surface area is 186 Å². The lowest BCUT2D eigenvalue weighted by Gasteiger charge is -2.27. The fourth-order valence-corrected chi connectivity index (χ4v) is 3.71. The van der Waals surface area contributed by atoms with Crippen molar-refractivity contribution in [3.63, 3.8) is 0 Å². The number of nitrogens with one attached hydrogen (secondary N) is 2. The van der Waals surface area contributed by atoms with Gasteiger partial charge in [0.15, 0.2) is 16.6 Å². The van der Waals surface area contributed by atoms with Gasteiger partial charge in [0.2, 0.25) is 0 Å². The van der Waals surface area contributed by atoms with E-state index in [2.05, 4.69) is 10.3 Å². The van der Waals surface area contributed by atoms with Crippen LogP contribution in [0.4, 0.5) is 0 Å². The molecule has 3 aromatic rings. The summed E-state index contributed by atoms with van der Waals surface area (Å²) in [5, 5.41) is 14.1. The summed E-state index contributed by atoms with van der Waals surface area (Å²) < 4.78 is 10.7. The summed E-state index contributed by atoms with van der Waals surface area (Å²) in [5.41, 5.74) is 2.06. The summed E-state index contributed by atoms with van der Waals surface area (Å²) in [4.78, 5) is 17.4. The van der Waals surface area contributed by atoms with Gasteiger partial charge in [-0.1, -0.05) is 30.3 Å². The first-order valence-corrected chi connectivity index (χ1v) is 10.4. The highest BCUT2D eigenvalue weighted by Gasteiger charge is 2.16. The number of rotatable bonds is 8. The van der Waals surface area contributed by atoms with Crippen LogP contribution in [-0.4, -0.2) is 47.5 Å². The summed E-state index contributed by atoms with van der Waals surface area (Å²) in [6.45, 7) is 2.49. The summed E-state index contributed by atoms with van der Waals surface area (Å²) in [7, 11) is 3.12. The van der Waals surface area contributed by atoms with E-state index in [1.54, 1.807) is 25.2 Å². The Morgan fingerprint density at radius 1 is 1.16 bits per heavy atom. The number of hydrogen-bond acceptors (Lipinski definition) is 5. The molecule has 31 heavy (non-hydrogen) atoms. The molecule has 3 rings (SSSR count). The molecule has 0 aliphatic rings. The predicted molar refractivity (Wildman–Crippen MR) is 126 cm³/mol. The molecule has 2 aromatic carbocycles. The zero-order valence-corrected chi connectivity index (χ0v) is 18.7. The molecule has 0 bridgehead atoms. The van der Waals surface area contributed by atoms with Crippen molar-refractivity contribution in [3.05, 3.63) is 70.0 Å². The van der Waals surface area contributed by atoms with Gasteiger partial charge in [0.25, 0.3) is 5.56 Å². The fraction of sp³-hybridized carbons (Fsp3) is 0.304. The Kier molecular flexibility index (Phi) is 7.49. The Bertz CT molecular complexity index is 1100. The van der Waals surface area contributed by atoms with Crippen LogP contribution >= 0.6 is 12.2 Å². The number of fused-ring (bicyclic) bond motifs is 1. The second kappa shape index (κ2) is 10.3. The number of aromatic amines is 1. The van der Waals surface area contributed by atoms with Gasteiger partial charge in [-0.25, -0.2) is 0 Å². The molecular formula is C23H27N3O4S. The molecule has 164 valence electrons. The van der Waals surface area contributed by atoms with Crippen LogP contribution in [0, 0.1) is 0 Å². The minimum absolute atomic E-state index is 0.0125. The van der Waals surface area contributed by atoms with Crippen LogP contribution < -0.4 is 20.3 Å². The molecule has 0 saturated heterocycles. The number of H-pyrrole nitrogens is 1. The maximum absolute atomic E-state index is 12.7. The highest BCUT2D eigenvalue weighted by atomic mass is 32.1. The maximum atomic E-state index is 12.7. The highest BCUT2D eigenvalue weighted by Crippen LogP contribution is 2.31. The van der Waals surface area contributed by atoms with Crippen LogP contribution in [0.15, 0.2) is 53.3 Å². The van der Waals surface area contributed by atoms with Crippen LogP contribution in [0.3, 0.4) is 0 Å². The topological polar surface area (TPSA) is 86.8 Å². The molecule has 0 saturated carbocycles. The SMILES string of the molecule is COc1cc2cc(CN(CCO)C(=S)N[C@@H](C)c3ccccc3)c(=O)[nH]c2cc1OC.